The molecule has 21 heavy (non-hydrogen) atoms. The van der Waals surface area contributed by atoms with Crippen molar-refractivity contribution in [3.8, 4) is 0 Å². The summed E-state index contributed by atoms with van der Waals surface area (Å²) in [5.41, 5.74) is 1.30. The fraction of sp³-hybridized carbons (Fsp3) is 0.200. The van der Waals surface area contributed by atoms with Crippen LogP contribution in [0.1, 0.15) is 24.1 Å². The van der Waals surface area contributed by atoms with Gasteiger partial charge in [-0.2, -0.15) is 0 Å². The van der Waals surface area contributed by atoms with E-state index < -0.39 is 10.7 Å². The Morgan fingerprint density at radius 1 is 1.33 bits per heavy atom. The lowest BCUT2D eigenvalue weighted by atomic mass is 10.1. The van der Waals surface area contributed by atoms with Crippen molar-refractivity contribution in [2.24, 2.45) is 0 Å². The third-order valence-corrected chi connectivity index (χ3v) is 3.68. The molecule has 0 aromatic heterocycles. The molecular weight excluding hydrogens is 339 g/mol. The molecule has 1 atom stereocenters. The Hall–Kier alpha value is -1.79. The van der Waals surface area contributed by atoms with E-state index in [9.17, 15) is 14.5 Å². The summed E-state index contributed by atoms with van der Waals surface area (Å²) in [6, 6.07) is 11.2. The van der Waals surface area contributed by atoms with Crippen LogP contribution < -0.4 is 5.32 Å². The SMILES string of the molecule is C[C@@H](NCc1cc(F)ccc1[N+](=O)[O-])c1cccc(Br)c1. The minimum atomic E-state index is -0.500. The van der Waals surface area contributed by atoms with Crippen LogP contribution in [0.15, 0.2) is 46.9 Å². The van der Waals surface area contributed by atoms with E-state index in [4.69, 9.17) is 0 Å². The van der Waals surface area contributed by atoms with Crippen LogP contribution in [0.5, 0.6) is 0 Å². The number of halogens is 2. The lowest BCUT2D eigenvalue weighted by Crippen LogP contribution is -2.18. The summed E-state index contributed by atoms with van der Waals surface area (Å²) in [6.45, 7) is 2.18. The highest BCUT2D eigenvalue weighted by molar-refractivity contribution is 9.10. The van der Waals surface area contributed by atoms with E-state index in [0.717, 1.165) is 16.1 Å². The molecule has 0 heterocycles. The second-order valence-electron chi connectivity index (χ2n) is 4.69. The molecule has 2 aromatic carbocycles. The predicted octanol–water partition coefficient (Wildman–Crippen LogP) is 4.35. The number of rotatable bonds is 5. The number of nitro groups is 1. The third-order valence-electron chi connectivity index (χ3n) is 3.19. The molecule has 2 aromatic rings. The lowest BCUT2D eigenvalue weighted by Gasteiger charge is -2.14. The second kappa shape index (κ2) is 6.78. The predicted molar refractivity (Wildman–Crippen MR) is 82.5 cm³/mol. The van der Waals surface area contributed by atoms with Crippen molar-refractivity contribution in [1.29, 1.82) is 0 Å². The Morgan fingerprint density at radius 2 is 2.10 bits per heavy atom. The molecule has 0 spiro atoms. The van der Waals surface area contributed by atoms with Gasteiger partial charge in [-0.05, 0) is 36.8 Å². The molecule has 1 N–H and O–H groups in total. The largest absolute Gasteiger partial charge is 0.306 e. The average molecular weight is 353 g/mol. The smallest absolute Gasteiger partial charge is 0.274 e. The first-order valence-electron chi connectivity index (χ1n) is 6.39. The Bertz CT molecular complexity index is 664. The molecule has 0 aliphatic heterocycles. The molecule has 0 radical (unpaired) electrons. The van der Waals surface area contributed by atoms with Crippen LogP contribution in [-0.4, -0.2) is 4.92 Å². The number of hydrogen-bond acceptors (Lipinski definition) is 3. The van der Waals surface area contributed by atoms with Gasteiger partial charge in [-0.15, -0.1) is 0 Å². The third kappa shape index (κ3) is 4.09. The first kappa shape index (κ1) is 15.6. The van der Waals surface area contributed by atoms with Crippen molar-refractivity contribution in [1.82, 2.24) is 5.32 Å². The van der Waals surface area contributed by atoms with E-state index >= 15 is 0 Å². The van der Waals surface area contributed by atoms with Gasteiger partial charge in [-0.3, -0.25) is 10.1 Å². The van der Waals surface area contributed by atoms with E-state index in [1.54, 1.807) is 0 Å². The van der Waals surface area contributed by atoms with E-state index in [1.165, 1.54) is 12.1 Å². The van der Waals surface area contributed by atoms with Gasteiger partial charge < -0.3 is 5.32 Å². The fourth-order valence-corrected chi connectivity index (χ4v) is 2.45. The van der Waals surface area contributed by atoms with Gasteiger partial charge in [0, 0.05) is 28.7 Å². The van der Waals surface area contributed by atoms with Gasteiger partial charge in [-0.25, -0.2) is 4.39 Å². The van der Waals surface area contributed by atoms with E-state index in [1.807, 2.05) is 31.2 Å². The number of nitro benzene ring substituents is 1. The average Bonchev–Trinajstić information content (AvgIpc) is 2.44. The Labute approximate surface area is 130 Å². The topological polar surface area (TPSA) is 55.2 Å². The van der Waals surface area contributed by atoms with Crippen LogP contribution in [-0.2, 0) is 6.54 Å². The van der Waals surface area contributed by atoms with Gasteiger partial charge in [0.05, 0.1) is 4.92 Å². The zero-order valence-electron chi connectivity index (χ0n) is 11.3. The van der Waals surface area contributed by atoms with Gasteiger partial charge in [-0.1, -0.05) is 28.1 Å². The van der Waals surface area contributed by atoms with Crippen molar-refractivity contribution >= 4 is 21.6 Å². The molecule has 2 rings (SSSR count). The van der Waals surface area contributed by atoms with Gasteiger partial charge in [0.2, 0.25) is 0 Å². The number of nitrogens with one attached hydrogen (secondary N) is 1. The summed E-state index contributed by atoms with van der Waals surface area (Å²) in [5.74, 6) is -0.479. The van der Waals surface area contributed by atoms with Gasteiger partial charge in [0.25, 0.3) is 5.69 Å². The minimum Gasteiger partial charge on any atom is -0.306 e. The summed E-state index contributed by atoms with van der Waals surface area (Å²) >= 11 is 3.40. The fourth-order valence-electron chi connectivity index (χ4n) is 2.03. The molecule has 0 amide bonds. The van der Waals surface area contributed by atoms with E-state index in [0.29, 0.717) is 5.56 Å². The normalized spacial score (nSPS) is 12.1. The van der Waals surface area contributed by atoms with Crippen molar-refractivity contribution in [3.63, 3.8) is 0 Å². The summed E-state index contributed by atoms with van der Waals surface area (Å²) in [6.07, 6.45) is 0. The van der Waals surface area contributed by atoms with Gasteiger partial charge >= 0.3 is 0 Å². The first-order chi connectivity index (χ1) is 9.97. The molecule has 0 saturated heterocycles. The van der Waals surface area contributed by atoms with Gasteiger partial charge in [0.15, 0.2) is 0 Å². The quantitative estimate of drug-likeness (QED) is 0.642. The summed E-state index contributed by atoms with van der Waals surface area (Å²) in [4.78, 5) is 10.4. The molecule has 6 heteroatoms. The minimum absolute atomic E-state index is 0.00892. The van der Waals surface area contributed by atoms with Crippen LogP contribution in [0.2, 0.25) is 0 Å². The lowest BCUT2D eigenvalue weighted by molar-refractivity contribution is -0.385. The standard InChI is InChI=1S/C15H14BrFN2O2/c1-10(11-3-2-4-13(16)7-11)18-9-12-8-14(17)5-6-15(12)19(20)21/h2-8,10,18H,9H2,1H3/t10-/m1/s1. The molecule has 0 bridgehead atoms. The van der Waals surface area contributed by atoms with Crippen molar-refractivity contribution in [3.05, 3.63) is 74.0 Å². The maximum Gasteiger partial charge on any atom is 0.274 e. The molecular formula is C15H14BrFN2O2. The highest BCUT2D eigenvalue weighted by atomic mass is 79.9. The Kier molecular flexibility index (Phi) is 5.03. The van der Waals surface area contributed by atoms with Crippen LogP contribution in [0.4, 0.5) is 10.1 Å². The number of benzene rings is 2. The monoisotopic (exact) mass is 352 g/mol. The van der Waals surface area contributed by atoms with E-state index in [2.05, 4.69) is 21.2 Å². The summed E-state index contributed by atoms with van der Waals surface area (Å²) < 4.78 is 14.2. The van der Waals surface area contributed by atoms with Crippen molar-refractivity contribution in [2.45, 2.75) is 19.5 Å². The molecule has 0 aliphatic rings. The Morgan fingerprint density at radius 3 is 2.76 bits per heavy atom. The highest BCUT2D eigenvalue weighted by Crippen LogP contribution is 2.22. The molecule has 0 fully saturated rings. The molecule has 0 aliphatic carbocycles. The first-order valence-corrected chi connectivity index (χ1v) is 7.18. The number of hydrogen-bond donors (Lipinski definition) is 1. The molecule has 0 unspecified atom stereocenters. The summed E-state index contributed by atoms with van der Waals surface area (Å²) in [7, 11) is 0. The highest BCUT2D eigenvalue weighted by Gasteiger charge is 2.15. The van der Waals surface area contributed by atoms with Gasteiger partial charge in [0.1, 0.15) is 5.82 Å². The second-order valence-corrected chi connectivity index (χ2v) is 5.60. The Balaban J connectivity index is 2.12. The zero-order chi connectivity index (χ0) is 15.4. The van der Waals surface area contributed by atoms with E-state index in [-0.39, 0.29) is 18.3 Å². The molecule has 4 nitrogen and oxygen atoms in total. The number of nitrogens with zero attached hydrogens (tertiary/aromatic N) is 1. The van der Waals surface area contributed by atoms with Crippen LogP contribution in [0.3, 0.4) is 0 Å². The van der Waals surface area contributed by atoms with Crippen LogP contribution in [0, 0.1) is 15.9 Å². The molecule has 0 saturated carbocycles. The maximum absolute atomic E-state index is 13.3. The van der Waals surface area contributed by atoms with Crippen LogP contribution in [0.25, 0.3) is 0 Å². The molecule has 110 valence electrons. The van der Waals surface area contributed by atoms with Crippen LogP contribution >= 0.6 is 15.9 Å². The summed E-state index contributed by atoms with van der Waals surface area (Å²) in [5, 5.41) is 14.1. The zero-order valence-corrected chi connectivity index (χ0v) is 12.9. The van der Waals surface area contributed by atoms with Crippen molar-refractivity contribution in [2.75, 3.05) is 0 Å². The maximum atomic E-state index is 13.3. The van der Waals surface area contributed by atoms with Crippen molar-refractivity contribution < 1.29 is 9.31 Å².